The summed E-state index contributed by atoms with van der Waals surface area (Å²) in [5.41, 5.74) is -0.761. The molecule has 0 amide bonds. The smallest absolute Gasteiger partial charge is 0.304 e. The Morgan fingerprint density at radius 1 is 1.50 bits per heavy atom. The van der Waals surface area contributed by atoms with E-state index in [-0.39, 0.29) is 17.5 Å². The number of benzene rings is 1. The summed E-state index contributed by atoms with van der Waals surface area (Å²) in [7, 11) is -3.91. The predicted molar refractivity (Wildman–Crippen MR) is 67.2 cm³/mol. The number of halogens is 1. The lowest BCUT2D eigenvalue weighted by Crippen LogP contribution is -2.31. The highest BCUT2D eigenvalue weighted by atomic mass is 32.2. The van der Waals surface area contributed by atoms with Crippen molar-refractivity contribution in [3.8, 4) is 0 Å². The molecule has 2 rings (SSSR count). The Kier molecular flexibility index (Phi) is 4.31. The molecule has 0 aliphatic carbocycles. The Morgan fingerprint density at radius 3 is 2.80 bits per heavy atom. The van der Waals surface area contributed by atoms with E-state index in [0.717, 1.165) is 25.0 Å². The number of ether oxygens (including phenoxy) is 1. The average molecular weight is 304 g/mol. The van der Waals surface area contributed by atoms with Crippen LogP contribution in [0, 0.1) is 15.9 Å². The first-order valence-corrected chi connectivity index (χ1v) is 7.43. The maximum absolute atomic E-state index is 13.4. The van der Waals surface area contributed by atoms with E-state index in [2.05, 4.69) is 4.72 Å². The van der Waals surface area contributed by atoms with Crippen LogP contribution in [0.4, 0.5) is 10.1 Å². The van der Waals surface area contributed by atoms with Gasteiger partial charge in [-0.3, -0.25) is 10.1 Å². The Labute approximate surface area is 114 Å². The van der Waals surface area contributed by atoms with Crippen molar-refractivity contribution in [1.82, 2.24) is 4.72 Å². The van der Waals surface area contributed by atoms with Gasteiger partial charge in [-0.25, -0.2) is 13.1 Å². The van der Waals surface area contributed by atoms with Gasteiger partial charge < -0.3 is 4.74 Å². The molecule has 110 valence electrons. The second-order valence-electron chi connectivity index (χ2n) is 4.36. The summed E-state index contributed by atoms with van der Waals surface area (Å²) < 4.78 is 44.8. The zero-order valence-corrected chi connectivity index (χ0v) is 11.2. The highest BCUT2D eigenvalue weighted by Crippen LogP contribution is 2.21. The number of hydrogen-bond acceptors (Lipinski definition) is 5. The minimum Gasteiger partial charge on any atom is -0.377 e. The second-order valence-corrected chi connectivity index (χ2v) is 6.12. The molecule has 0 bridgehead atoms. The largest absolute Gasteiger partial charge is 0.377 e. The van der Waals surface area contributed by atoms with Gasteiger partial charge in [0.1, 0.15) is 0 Å². The van der Waals surface area contributed by atoms with E-state index in [9.17, 15) is 22.9 Å². The van der Waals surface area contributed by atoms with Crippen LogP contribution in [-0.2, 0) is 14.8 Å². The summed E-state index contributed by atoms with van der Waals surface area (Å²) in [5, 5.41) is 10.5. The summed E-state index contributed by atoms with van der Waals surface area (Å²) in [6, 6.07) is 2.46. The third-order valence-electron chi connectivity index (χ3n) is 2.95. The van der Waals surface area contributed by atoms with Crippen molar-refractivity contribution < 1.29 is 22.5 Å². The van der Waals surface area contributed by atoms with Gasteiger partial charge in [-0.1, -0.05) is 0 Å². The van der Waals surface area contributed by atoms with Gasteiger partial charge in [0.25, 0.3) is 0 Å². The molecule has 20 heavy (non-hydrogen) atoms. The number of rotatable bonds is 5. The number of sulfonamides is 1. The van der Waals surface area contributed by atoms with Crippen molar-refractivity contribution >= 4 is 15.7 Å². The van der Waals surface area contributed by atoms with Crippen molar-refractivity contribution in [3.63, 3.8) is 0 Å². The first kappa shape index (κ1) is 14.8. The molecule has 9 heteroatoms. The summed E-state index contributed by atoms with van der Waals surface area (Å²) in [6.07, 6.45) is 1.45. The van der Waals surface area contributed by atoms with Crippen molar-refractivity contribution in [2.75, 3.05) is 13.2 Å². The van der Waals surface area contributed by atoms with Gasteiger partial charge in [0.15, 0.2) is 0 Å². The number of hydrogen-bond donors (Lipinski definition) is 1. The molecule has 1 N–H and O–H groups in total. The second kappa shape index (κ2) is 5.81. The third kappa shape index (κ3) is 3.30. The SMILES string of the molecule is O=[N+]([O-])c1ccc(S(=O)(=O)NCC2CCCO2)cc1F. The van der Waals surface area contributed by atoms with E-state index in [1.165, 1.54) is 0 Å². The minimum absolute atomic E-state index is 0.0982. The monoisotopic (exact) mass is 304 g/mol. The van der Waals surface area contributed by atoms with Crippen molar-refractivity contribution in [1.29, 1.82) is 0 Å². The molecule has 1 fully saturated rings. The fraction of sp³-hybridized carbons (Fsp3) is 0.455. The van der Waals surface area contributed by atoms with Crippen LogP contribution < -0.4 is 4.72 Å². The maximum Gasteiger partial charge on any atom is 0.304 e. The molecule has 0 saturated carbocycles. The van der Waals surface area contributed by atoms with E-state index < -0.39 is 26.5 Å². The predicted octanol–water partition coefficient (Wildman–Crippen LogP) is 1.19. The Morgan fingerprint density at radius 2 is 2.25 bits per heavy atom. The highest BCUT2D eigenvalue weighted by Gasteiger charge is 2.23. The topological polar surface area (TPSA) is 98.5 Å². The lowest BCUT2D eigenvalue weighted by atomic mass is 10.2. The summed E-state index contributed by atoms with van der Waals surface area (Å²) in [4.78, 5) is 9.21. The van der Waals surface area contributed by atoms with E-state index in [0.29, 0.717) is 12.7 Å². The molecule has 1 aliphatic heterocycles. The quantitative estimate of drug-likeness (QED) is 0.651. The van der Waals surface area contributed by atoms with Gasteiger partial charge in [0.05, 0.1) is 15.9 Å². The van der Waals surface area contributed by atoms with Crippen LogP contribution in [0.15, 0.2) is 23.1 Å². The molecule has 0 spiro atoms. The number of nitrogens with one attached hydrogen (secondary N) is 1. The number of nitrogens with zero attached hydrogens (tertiary/aromatic N) is 1. The lowest BCUT2D eigenvalue weighted by Gasteiger charge is -2.11. The zero-order valence-electron chi connectivity index (χ0n) is 10.4. The number of nitro benzene ring substituents is 1. The summed E-state index contributed by atoms with van der Waals surface area (Å²) >= 11 is 0. The Bertz CT molecular complexity index is 613. The van der Waals surface area contributed by atoms with Crippen LogP contribution in [0.2, 0.25) is 0 Å². The Hall–Kier alpha value is -1.58. The lowest BCUT2D eigenvalue weighted by molar-refractivity contribution is -0.387. The van der Waals surface area contributed by atoms with Gasteiger partial charge in [0.2, 0.25) is 15.8 Å². The molecule has 7 nitrogen and oxygen atoms in total. The van der Waals surface area contributed by atoms with Gasteiger partial charge in [-0.05, 0) is 18.9 Å². The first-order chi connectivity index (χ1) is 9.40. The Balaban J connectivity index is 2.12. The molecule has 1 atom stereocenters. The fourth-order valence-corrected chi connectivity index (χ4v) is 2.97. The van der Waals surface area contributed by atoms with E-state index in [1.54, 1.807) is 0 Å². The maximum atomic E-state index is 13.4. The van der Waals surface area contributed by atoms with Crippen LogP contribution in [-0.4, -0.2) is 32.6 Å². The zero-order chi connectivity index (χ0) is 14.8. The van der Waals surface area contributed by atoms with Gasteiger partial charge in [0, 0.05) is 25.3 Å². The average Bonchev–Trinajstić information content (AvgIpc) is 2.89. The van der Waals surface area contributed by atoms with Gasteiger partial charge in [-0.2, -0.15) is 4.39 Å². The molecule has 1 aromatic carbocycles. The van der Waals surface area contributed by atoms with E-state index >= 15 is 0 Å². The summed E-state index contributed by atoms with van der Waals surface area (Å²) in [6.45, 7) is 0.694. The fourth-order valence-electron chi connectivity index (χ4n) is 1.89. The molecular weight excluding hydrogens is 291 g/mol. The van der Waals surface area contributed by atoms with Crippen LogP contribution in [0.25, 0.3) is 0 Å². The standard InChI is InChI=1S/C11H13FN2O5S/c12-10-6-9(3-4-11(10)14(15)16)20(17,18)13-7-8-2-1-5-19-8/h3-4,6,8,13H,1-2,5,7H2. The molecule has 1 heterocycles. The van der Waals surface area contributed by atoms with Crippen molar-refractivity contribution in [2.45, 2.75) is 23.8 Å². The van der Waals surface area contributed by atoms with Gasteiger partial charge in [-0.15, -0.1) is 0 Å². The normalized spacial score (nSPS) is 19.1. The highest BCUT2D eigenvalue weighted by molar-refractivity contribution is 7.89. The van der Waals surface area contributed by atoms with Crippen molar-refractivity contribution in [3.05, 3.63) is 34.1 Å². The molecule has 1 unspecified atom stereocenters. The molecule has 1 aliphatic rings. The van der Waals surface area contributed by atoms with Crippen LogP contribution in [0.3, 0.4) is 0 Å². The third-order valence-corrected chi connectivity index (χ3v) is 4.37. The summed E-state index contributed by atoms with van der Waals surface area (Å²) in [5.74, 6) is -1.19. The van der Waals surface area contributed by atoms with Gasteiger partial charge >= 0.3 is 5.69 Å². The van der Waals surface area contributed by atoms with Crippen LogP contribution in [0.5, 0.6) is 0 Å². The van der Waals surface area contributed by atoms with E-state index in [4.69, 9.17) is 4.74 Å². The molecule has 1 aromatic rings. The molecular formula is C11H13FN2O5S. The van der Waals surface area contributed by atoms with E-state index in [1.807, 2.05) is 0 Å². The number of nitro groups is 1. The van der Waals surface area contributed by atoms with Crippen LogP contribution in [0.1, 0.15) is 12.8 Å². The first-order valence-electron chi connectivity index (χ1n) is 5.95. The molecule has 0 radical (unpaired) electrons. The minimum atomic E-state index is -3.91. The molecule has 1 saturated heterocycles. The van der Waals surface area contributed by atoms with Crippen LogP contribution >= 0.6 is 0 Å². The molecule has 0 aromatic heterocycles. The van der Waals surface area contributed by atoms with Crippen molar-refractivity contribution in [2.24, 2.45) is 0 Å².